The topological polar surface area (TPSA) is 75.6 Å². The highest BCUT2D eigenvalue weighted by Gasteiger charge is 2.42. The molecule has 0 amide bonds. The quantitative estimate of drug-likeness (QED) is 0.852. The summed E-state index contributed by atoms with van der Waals surface area (Å²) in [5.41, 5.74) is 0.567. The Morgan fingerprint density at radius 1 is 1.40 bits per heavy atom. The second-order valence-corrected chi connectivity index (χ2v) is 7.80. The number of aliphatic hydroxyl groups is 1. The van der Waals surface area contributed by atoms with Gasteiger partial charge in [0.2, 0.25) is 10.0 Å². The molecule has 3 atom stereocenters. The SMILES string of the molecule is O=S(=O)(NC1CC2CCC1O2)c1cc(CO)ccc1Br. The number of fused-ring (bicyclic) bond motifs is 2. The third-order valence-electron chi connectivity index (χ3n) is 3.88. The maximum Gasteiger partial charge on any atom is 0.242 e. The third kappa shape index (κ3) is 2.65. The summed E-state index contributed by atoms with van der Waals surface area (Å²) in [7, 11) is -3.62. The van der Waals surface area contributed by atoms with Gasteiger partial charge in [-0.1, -0.05) is 6.07 Å². The van der Waals surface area contributed by atoms with Gasteiger partial charge >= 0.3 is 0 Å². The summed E-state index contributed by atoms with van der Waals surface area (Å²) in [4.78, 5) is 0.159. The molecule has 3 unspecified atom stereocenters. The van der Waals surface area contributed by atoms with Gasteiger partial charge in [0, 0.05) is 4.47 Å². The lowest BCUT2D eigenvalue weighted by Crippen LogP contribution is -2.41. The number of nitrogens with one attached hydrogen (secondary N) is 1. The fraction of sp³-hybridized carbons (Fsp3) is 0.538. The van der Waals surface area contributed by atoms with E-state index in [4.69, 9.17) is 9.84 Å². The number of hydrogen-bond donors (Lipinski definition) is 2. The maximum atomic E-state index is 12.5. The molecular formula is C13H16BrNO4S. The summed E-state index contributed by atoms with van der Waals surface area (Å²) in [5.74, 6) is 0. The maximum absolute atomic E-state index is 12.5. The zero-order valence-electron chi connectivity index (χ0n) is 10.8. The standard InChI is InChI=1S/C13H16BrNO4S/c14-10-3-1-8(7-16)5-13(10)20(17,18)15-11-6-9-2-4-12(11)19-9/h1,3,5,9,11-12,15-16H,2,4,6-7H2. The van der Waals surface area contributed by atoms with E-state index in [1.807, 2.05) is 0 Å². The van der Waals surface area contributed by atoms with Crippen LogP contribution in [-0.4, -0.2) is 31.8 Å². The fourth-order valence-corrected chi connectivity index (χ4v) is 5.17. The molecule has 0 saturated carbocycles. The van der Waals surface area contributed by atoms with Gasteiger partial charge in [-0.15, -0.1) is 0 Å². The van der Waals surface area contributed by atoms with Crippen LogP contribution in [0.25, 0.3) is 0 Å². The van der Waals surface area contributed by atoms with E-state index in [9.17, 15) is 8.42 Å². The largest absolute Gasteiger partial charge is 0.392 e. The first-order chi connectivity index (χ1) is 9.49. The van der Waals surface area contributed by atoms with E-state index >= 15 is 0 Å². The average Bonchev–Trinajstić information content (AvgIpc) is 3.01. The molecule has 20 heavy (non-hydrogen) atoms. The van der Waals surface area contributed by atoms with Gasteiger partial charge in [-0.05, 0) is 52.9 Å². The van der Waals surface area contributed by atoms with Gasteiger partial charge < -0.3 is 9.84 Å². The van der Waals surface area contributed by atoms with Crippen molar-refractivity contribution >= 4 is 26.0 Å². The van der Waals surface area contributed by atoms with Crippen molar-refractivity contribution in [1.29, 1.82) is 0 Å². The lowest BCUT2D eigenvalue weighted by atomic mass is 9.96. The van der Waals surface area contributed by atoms with Gasteiger partial charge in [0.05, 0.1) is 29.8 Å². The minimum Gasteiger partial charge on any atom is -0.392 e. The zero-order valence-corrected chi connectivity index (χ0v) is 13.2. The Balaban J connectivity index is 1.84. The Kier molecular flexibility index (Phi) is 3.89. The minimum atomic E-state index is -3.62. The van der Waals surface area contributed by atoms with Crippen LogP contribution in [0.4, 0.5) is 0 Å². The van der Waals surface area contributed by atoms with E-state index in [0.717, 1.165) is 19.3 Å². The lowest BCUT2D eigenvalue weighted by molar-refractivity contribution is 0.0996. The van der Waals surface area contributed by atoms with E-state index in [2.05, 4.69) is 20.7 Å². The van der Waals surface area contributed by atoms with Crippen molar-refractivity contribution in [2.24, 2.45) is 0 Å². The molecule has 110 valence electrons. The Labute approximate surface area is 126 Å². The Morgan fingerprint density at radius 3 is 2.80 bits per heavy atom. The van der Waals surface area contributed by atoms with E-state index in [0.29, 0.717) is 10.0 Å². The average molecular weight is 362 g/mol. The molecule has 2 saturated heterocycles. The van der Waals surface area contributed by atoms with Gasteiger partial charge in [0.25, 0.3) is 0 Å². The minimum absolute atomic E-state index is 0.00502. The van der Waals surface area contributed by atoms with Crippen molar-refractivity contribution in [3.63, 3.8) is 0 Å². The van der Waals surface area contributed by atoms with Crippen molar-refractivity contribution < 1.29 is 18.3 Å². The Bertz CT molecular complexity index is 619. The molecule has 1 aromatic carbocycles. The number of rotatable bonds is 4. The molecule has 0 aliphatic carbocycles. The molecule has 7 heteroatoms. The molecule has 2 fully saturated rings. The van der Waals surface area contributed by atoms with E-state index in [1.165, 1.54) is 6.07 Å². The summed E-state index contributed by atoms with van der Waals surface area (Å²) in [6, 6.07) is 4.66. The molecule has 0 spiro atoms. The molecule has 5 nitrogen and oxygen atoms in total. The van der Waals surface area contributed by atoms with Crippen molar-refractivity contribution in [3.05, 3.63) is 28.2 Å². The van der Waals surface area contributed by atoms with Gasteiger partial charge in [-0.2, -0.15) is 0 Å². The predicted octanol–water partition coefficient (Wildman–Crippen LogP) is 1.54. The second kappa shape index (κ2) is 5.38. The van der Waals surface area contributed by atoms with Crippen LogP contribution in [-0.2, 0) is 21.4 Å². The molecular weight excluding hydrogens is 346 g/mol. The van der Waals surface area contributed by atoms with Crippen LogP contribution in [0.2, 0.25) is 0 Å². The molecule has 2 aliphatic rings. The normalized spacial score (nSPS) is 29.0. The highest BCUT2D eigenvalue weighted by Crippen LogP contribution is 2.35. The first kappa shape index (κ1) is 14.5. The van der Waals surface area contributed by atoms with E-state index in [-0.39, 0.29) is 29.8 Å². The monoisotopic (exact) mass is 361 g/mol. The van der Waals surface area contributed by atoms with Crippen LogP contribution in [0.1, 0.15) is 24.8 Å². The van der Waals surface area contributed by atoms with E-state index in [1.54, 1.807) is 12.1 Å². The summed E-state index contributed by atoms with van der Waals surface area (Å²) in [6.07, 6.45) is 2.86. The number of ether oxygens (including phenoxy) is 1. The lowest BCUT2D eigenvalue weighted by Gasteiger charge is -2.20. The Hall–Kier alpha value is -0.470. The van der Waals surface area contributed by atoms with Gasteiger partial charge in [-0.25, -0.2) is 13.1 Å². The van der Waals surface area contributed by atoms with Crippen LogP contribution < -0.4 is 4.72 Å². The summed E-state index contributed by atoms with van der Waals surface area (Å²) >= 11 is 3.25. The number of aliphatic hydroxyl groups excluding tert-OH is 1. The van der Waals surface area contributed by atoms with Crippen LogP contribution in [0.3, 0.4) is 0 Å². The molecule has 0 aromatic heterocycles. The fourth-order valence-electron chi connectivity index (χ4n) is 2.88. The van der Waals surface area contributed by atoms with E-state index < -0.39 is 10.0 Å². The van der Waals surface area contributed by atoms with Crippen LogP contribution in [0.15, 0.2) is 27.6 Å². The zero-order chi connectivity index (χ0) is 14.3. The molecule has 2 N–H and O–H groups in total. The molecule has 1 aromatic rings. The predicted molar refractivity (Wildman–Crippen MR) is 76.7 cm³/mol. The molecule has 2 bridgehead atoms. The van der Waals surface area contributed by atoms with Gasteiger partial charge in [0.15, 0.2) is 0 Å². The summed E-state index contributed by atoms with van der Waals surface area (Å²) in [5, 5.41) is 9.14. The summed E-state index contributed by atoms with van der Waals surface area (Å²) in [6.45, 7) is -0.187. The van der Waals surface area contributed by atoms with Crippen molar-refractivity contribution in [1.82, 2.24) is 4.72 Å². The van der Waals surface area contributed by atoms with Gasteiger partial charge in [-0.3, -0.25) is 0 Å². The van der Waals surface area contributed by atoms with Gasteiger partial charge in [0.1, 0.15) is 0 Å². The van der Waals surface area contributed by atoms with Crippen LogP contribution in [0, 0.1) is 0 Å². The second-order valence-electron chi connectivity index (χ2n) is 5.26. The van der Waals surface area contributed by atoms with Crippen molar-refractivity contribution in [3.8, 4) is 0 Å². The summed E-state index contributed by atoms with van der Waals surface area (Å²) < 4.78 is 33.8. The molecule has 3 rings (SSSR count). The highest BCUT2D eigenvalue weighted by atomic mass is 79.9. The first-order valence-corrected chi connectivity index (χ1v) is 8.84. The van der Waals surface area contributed by atoms with Crippen LogP contribution in [0.5, 0.6) is 0 Å². The number of hydrogen-bond acceptors (Lipinski definition) is 4. The van der Waals surface area contributed by atoms with Crippen molar-refractivity contribution in [2.75, 3.05) is 0 Å². The first-order valence-electron chi connectivity index (χ1n) is 6.56. The molecule has 0 radical (unpaired) electrons. The Morgan fingerprint density at radius 2 is 2.20 bits per heavy atom. The van der Waals surface area contributed by atoms with Crippen molar-refractivity contribution in [2.45, 2.75) is 49.0 Å². The highest BCUT2D eigenvalue weighted by molar-refractivity contribution is 9.10. The third-order valence-corrected chi connectivity index (χ3v) is 6.36. The number of benzene rings is 1. The number of sulfonamides is 1. The van der Waals surface area contributed by atoms with Crippen LogP contribution >= 0.6 is 15.9 Å². The molecule has 2 heterocycles. The number of halogens is 1. The molecule has 2 aliphatic heterocycles. The smallest absolute Gasteiger partial charge is 0.242 e.